The summed E-state index contributed by atoms with van der Waals surface area (Å²) < 4.78 is 38.1. The van der Waals surface area contributed by atoms with Crippen molar-refractivity contribution >= 4 is 27.4 Å². The zero-order valence-electron chi connectivity index (χ0n) is 10.6. The second kappa shape index (κ2) is 5.83. The Hall–Kier alpha value is -1.92. The van der Waals surface area contributed by atoms with Crippen LogP contribution in [0.3, 0.4) is 0 Å². The van der Waals surface area contributed by atoms with Crippen LogP contribution < -0.4 is 0 Å². The Kier molecular flexibility index (Phi) is 4.29. The molecule has 0 fully saturated rings. The fourth-order valence-corrected chi connectivity index (χ4v) is 3.41. The first kappa shape index (κ1) is 15.5. The molecule has 0 bridgehead atoms. The second-order valence-corrected chi connectivity index (χ2v) is 6.75. The maximum Gasteiger partial charge on any atom is 0.335 e. The molecule has 0 radical (unpaired) electrons. The molecule has 0 heterocycles. The topological polar surface area (TPSA) is 71.4 Å². The van der Waals surface area contributed by atoms with Crippen molar-refractivity contribution in [2.45, 2.75) is 10.6 Å². The maximum atomic E-state index is 13.7. The molecule has 0 aliphatic carbocycles. The third-order valence-electron chi connectivity index (χ3n) is 2.79. The normalized spacial score (nSPS) is 11.3. The molecule has 2 rings (SSSR count). The van der Waals surface area contributed by atoms with E-state index in [1.54, 1.807) is 0 Å². The van der Waals surface area contributed by atoms with Gasteiger partial charge in [-0.2, -0.15) is 0 Å². The smallest absolute Gasteiger partial charge is 0.335 e. The Morgan fingerprint density at radius 1 is 1.19 bits per heavy atom. The summed E-state index contributed by atoms with van der Waals surface area (Å²) in [6.45, 7) is 0. The zero-order chi connectivity index (χ0) is 15.6. The number of carboxylic acid groups (broad SMARTS) is 1. The molecule has 0 saturated heterocycles. The molecule has 0 aliphatic rings. The fourth-order valence-electron chi connectivity index (χ4n) is 1.77. The largest absolute Gasteiger partial charge is 0.478 e. The zero-order valence-corrected chi connectivity index (χ0v) is 12.2. The van der Waals surface area contributed by atoms with Crippen molar-refractivity contribution in [3.8, 4) is 0 Å². The van der Waals surface area contributed by atoms with Gasteiger partial charge in [0, 0.05) is 10.6 Å². The van der Waals surface area contributed by atoms with Crippen LogP contribution in [0.15, 0.2) is 47.4 Å². The van der Waals surface area contributed by atoms with E-state index < -0.39 is 27.4 Å². The number of hydrogen-bond donors (Lipinski definition) is 1. The van der Waals surface area contributed by atoms with Gasteiger partial charge >= 0.3 is 5.97 Å². The van der Waals surface area contributed by atoms with Crippen LogP contribution in [0, 0.1) is 5.82 Å². The molecule has 0 amide bonds. The van der Waals surface area contributed by atoms with E-state index >= 15 is 0 Å². The molecule has 0 spiro atoms. The molecule has 0 aliphatic heterocycles. The summed E-state index contributed by atoms with van der Waals surface area (Å²) in [5.74, 6) is -2.66. The molecular weight excluding hydrogens is 319 g/mol. The molecule has 0 aromatic heterocycles. The van der Waals surface area contributed by atoms with Gasteiger partial charge in [0.25, 0.3) is 0 Å². The molecule has 2 aromatic carbocycles. The average Bonchev–Trinajstić information content (AvgIpc) is 2.41. The molecule has 0 unspecified atom stereocenters. The van der Waals surface area contributed by atoms with E-state index in [0.29, 0.717) is 0 Å². The number of aromatic carboxylic acids is 1. The van der Waals surface area contributed by atoms with Crippen LogP contribution in [0.1, 0.15) is 15.9 Å². The van der Waals surface area contributed by atoms with Crippen LogP contribution in [0.5, 0.6) is 0 Å². The van der Waals surface area contributed by atoms with Crippen LogP contribution >= 0.6 is 11.6 Å². The van der Waals surface area contributed by atoms with Crippen LogP contribution in [-0.2, 0) is 15.6 Å². The van der Waals surface area contributed by atoms with Crippen LogP contribution in [0.2, 0.25) is 5.02 Å². The van der Waals surface area contributed by atoms with Crippen molar-refractivity contribution < 1.29 is 22.7 Å². The number of halogens is 2. The van der Waals surface area contributed by atoms with Crippen molar-refractivity contribution in [1.29, 1.82) is 0 Å². The molecule has 21 heavy (non-hydrogen) atoms. The fraction of sp³-hybridized carbons (Fsp3) is 0.0714. The van der Waals surface area contributed by atoms with Gasteiger partial charge in [-0.1, -0.05) is 17.7 Å². The summed E-state index contributed by atoms with van der Waals surface area (Å²) in [7, 11) is -3.82. The summed E-state index contributed by atoms with van der Waals surface area (Å²) in [5, 5.41) is 9.11. The van der Waals surface area contributed by atoms with Gasteiger partial charge in [0.05, 0.1) is 16.2 Å². The van der Waals surface area contributed by atoms with Crippen LogP contribution in [0.25, 0.3) is 0 Å². The number of rotatable bonds is 4. The van der Waals surface area contributed by atoms with Gasteiger partial charge in [-0.3, -0.25) is 0 Å². The van der Waals surface area contributed by atoms with Gasteiger partial charge in [-0.05, 0) is 36.4 Å². The molecule has 2 aromatic rings. The standard InChI is InChI=1S/C14H10ClFO4S/c15-11-2-1-3-12(7-11)21(19,20)8-10-6-9(14(17)18)4-5-13(10)16/h1-7H,8H2,(H,17,18). The minimum absolute atomic E-state index is 0.0462. The lowest BCUT2D eigenvalue weighted by Gasteiger charge is -2.07. The van der Waals surface area contributed by atoms with E-state index in [0.717, 1.165) is 18.2 Å². The van der Waals surface area contributed by atoms with Crippen molar-refractivity contribution in [3.05, 3.63) is 64.4 Å². The van der Waals surface area contributed by atoms with E-state index in [1.165, 1.54) is 24.3 Å². The van der Waals surface area contributed by atoms with E-state index in [9.17, 15) is 17.6 Å². The third kappa shape index (κ3) is 3.59. The number of hydrogen-bond acceptors (Lipinski definition) is 3. The Bertz CT molecular complexity index is 802. The highest BCUT2D eigenvalue weighted by atomic mass is 35.5. The minimum Gasteiger partial charge on any atom is -0.478 e. The minimum atomic E-state index is -3.82. The number of benzene rings is 2. The summed E-state index contributed by atoms with van der Waals surface area (Å²) in [6, 6.07) is 8.63. The van der Waals surface area contributed by atoms with Gasteiger partial charge in [-0.25, -0.2) is 17.6 Å². The predicted molar refractivity (Wildman–Crippen MR) is 75.7 cm³/mol. The predicted octanol–water partition coefficient (Wildman–Crippen LogP) is 3.15. The van der Waals surface area contributed by atoms with E-state index in [2.05, 4.69) is 0 Å². The van der Waals surface area contributed by atoms with Crippen LogP contribution in [0.4, 0.5) is 4.39 Å². The second-order valence-electron chi connectivity index (χ2n) is 4.33. The monoisotopic (exact) mass is 328 g/mol. The highest BCUT2D eigenvalue weighted by Crippen LogP contribution is 2.22. The Morgan fingerprint density at radius 3 is 2.52 bits per heavy atom. The average molecular weight is 329 g/mol. The van der Waals surface area contributed by atoms with Crippen molar-refractivity contribution in [1.82, 2.24) is 0 Å². The molecule has 1 N–H and O–H groups in total. The Balaban J connectivity index is 2.41. The van der Waals surface area contributed by atoms with E-state index in [1.807, 2.05) is 0 Å². The quantitative estimate of drug-likeness (QED) is 0.935. The van der Waals surface area contributed by atoms with Gasteiger partial charge in [-0.15, -0.1) is 0 Å². The summed E-state index contributed by atoms with van der Waals surface area (Å²) in [6.07, 6.45) is 0. The lowest BCUT2D eigenvalue weighted by molar-refractivity contribution is 0.0696. The molecular formula is C14H10ClFO4S. The first-order valence-electron chi connectivity index (χ1n) is 5.79. The highest BCUT2D eigenvalue weighted by molar-refractivity contribution is 7.90. The van der Waals surface area contributed by atoms with E-state index in [4.69, 9.17) is 16.7 Å². The highest BCUT2D eigenvalue weighted by Gasteiger charge is 2.19. The number of sulfone groups is 1. The Morgan fingerprint density at radius 2 is 1.90 bits per heavy atom. The molecule has 0 saturated carbocycles. The molecule has 110 valence electrons. The lowest BCUT2D eigenvalue weighted by atomic mass is 10.1. The molecule has 0 atom stereocenters. The van der Waals surface area contributed by atoms with Crippen LogP contribution in [-0.4, -0.2) is 19.5 Å². The van der Waals surface area contributed by atoms with E-state index in [-0.39, 0.29) is 21.0 Å². The van der Waals surface area contributed by atoms with Gasteiger partial charge in [0.2, 0.25) is 0 Å². The van der Waals surface area contributed by atoms with Crippen molar-refractivity contribution in [2.75, 3.05) is 0 Å². The van der Waals surface area contributed by atoms with Crippen molar-refractivity contribution in [2.24, 2.45) is 0 Å². The molecule has 4 nitrogen and oxygen atoms in total. The Labute approximate surface area is 125 Å². The number of carboxylic acids is 1. The van der Waals surface area contributed by atoms with Gasteiger partial charge in [0.1, 0.15) is 5.82 Å². The number of carbonyl (C=O) groups is 1. The van der Waals surface area contributed by atoms with Gasteiger partial charge < -0.3 is 5.11 Å². The first-order valence-corrected chi connectivity index (χ1v) is 7.83. The van der Waals surface area contributed by atoms with Gasteiger partial charge in [0.15, 0.2) is 9.84 Å². The summed E-state index contributed by atoms with van der Waals surface area (Å²) in [5.41, 5.74) is -0.373. The summed E-state index contributed by atoms with van der Waals surface area (Å²) in [4.78, 5) is 10.8. The maximum absolute atomic E-state index is 13.7. The third-order valence-corrected chi connectivity index (χ3v) is 4.69. The molecule has 7 heteroatoms. The summed E-state index contributed by atoms with van der Waals surface area (Å²) >= 11 is 5.74. The van der Waals surface area contributed by atoms with Crippen molar-refractivity contribution in [3.63, 3.8) is 0 Å². The lowest BCUT2D eigenvalue weighted by Crippen LogP contribution is -2.08. The first-order chi connectivity index (χ1) is 9.79. The SMILES string of the molecule is O=C(O)c1ccc(F)c(CS(=O)(=O)c2cccc(Cl)c2)c1.